The summed E-state index contributed by atoms with van der Waals surface area (Å²) in [5.74, 6) is -1.31. The molecule has 2 N–H and O–H groups in total. The van der Waals surface area contributed by atoms with Crippen molar-refractivity contribution < 1.29 is 19.4 Å². The molecule has 1 aliphatic rings. The van der Waals surface area contributed by atoms with Crippen molar-refractivity contribution in [3.8, 4) is 0 Å². The van der Waals surface area contributed by atoms with E-state index < -0.39 is 18.2 Å². The van der Waals surface area contributed by atoms with Crippen LogP contribution in [-0.4, -0.2) is 39.0 Å². The van der Waals surface area contributed by atoms with Crippen LogP contribution in [0.4, 0.5) is 0 Å². The number of aryl methyl sites for hydroxylation is 1. The fraction of sp³-hybridized carbons (Fsp3) is 0.545. The summed E-state index contributed by atoms with van der Waals surface area (Å²) in [7, 11) is 1.79. The first kappa shape index (κ1) is 12.6. The minimum absolute atomic E-state index is 0.288. The van der Waals surface area contributed by atoms with Gasteiger partial charge < -0.3 is 15.2 Å². The van der Waals surface area contributed by atoms with Crippen molar-refractivity contribution in [2.75, 3.05) is 0 Å². The molecular formula is C11H15N3O4. The summed E-state index contributed by atoms with van der Waals surface area (Å²) in [4.78, 5) is 22.4. The van der Waals surface area contributed by atoms with E-state index in [0.29, 0.717) is 19.4 Å². The second-order valence-corrected chi connectivity index (χ2v) is 4.23. The maximum absolute atomic E-state index is 11.7. The minimum atomic E-state index is -1.02. The molecule has 1 fully saturated rings. The molecule has 0 spiro atoms. The Bertz CT molecular complexity index is 457. The number of carboxylic acids is 1. The van der Waals surface area contributed by atoms with Gasteiger partial charge in [-0.1, -0.05) is 0 Å². The number of ether oxygens (including phenoxy) is 1. The van der Waals surface area contributed by atoms with Crippen molar-refractivity contribution in [2.24, 2.45) is 7.05 Å². The van der Waals surface area contributed by atoms with E-state index in [4.69, 9.17) is 9.84 Å². The van der Waals surface area contributed by atoms with Crippen LogP contribution >= 0.6 is 0 Å². The standard InChI is InChI=1S/C11H15N3O4/c1-14-5-4-7(13-14)6-12-10(15)8-2-3-9(18-8)11(16)17/h4-5,8-9H,2-3,6H2,1H3,(H,12,15)(H,16,17)/t8-,9+/m0/s1. The predicted molar refractivity (Wildman–Crippen MR) is 60.6 cm³/mol. The van der Waals surface area contributed by atoms with Gasteiger partial charge in [0, 0.05) is 13.2 Å². The number of amides is 1. The Hall–Kier alpha value is -1.89. The summed E-state index contributed by atoms with van der Waals surface area (Å²) in [6, 6.07) is 1.80. The molecular weight excluding hydrogens is 238 g/mol. The van der Waals surface area contributed by atoms with Gasteiger partial charge in [-0.3, -0.25) is 9.48 Å². The van der Waals surface area contributed by atoms with Crippen molar-refractivity contribution in [1.29, 1.82) is 0 Å². The number of aromatic nitrogens is 2. The van der Waals surface area contributed by atoms with E-state index >= 15 is 0 Å². The molecule has 2 atom stereocenters. The van der Waals surface area contributed by atoms with E-state index in [1.54, 1.807) is 24.0 Å². The lowest BCUT2D eigenvalue weighted by atomic mass is 10.2. The van der Waals surface area contributed by atoms with Crippen LogP contribution in [0.25, 0.3) is 0 Å². The third-order valence-electron chi connectivity index (χ3n) is 2.80. The highest BCUT2D eigenvalue weighted by Gasteiger charge is 2.34. The molecule has 1 aromatic rings. The number of hydrogen-bond acceptors (Lipinski definition) is 4. The highest BCUT2D eigenvalue weighted by molar-refractivity contribution is 5.82. The lowest BCUT2D eigenvalue weighted by Gasteiger charge is -2.10. The lowest BCUT2D eigenvalue weighted by Crippen LogP contribution is -2.35. The summed E-state index contributed by atoms with van der Waals surface area (Å²) < 4.78 is 6.79. The molecule has 1 aliphatic heterocycles. The van der Waals surface area contributed by atoms with Gasteiger partial charge in [0.1, 0.15) is 6.10 Å². The number of aliphatic carboxylic acids is 1. The zero-order chi connectivity index (χ0) is 13.1. The Labute approximate surface area is 104 Å². The largest absolute Gasteiger partial charge is 0.479 e. The quantitative estimate of drug-likeness (QED) is 0.766. The molecule has 0 unspecified atom stereocenters. The fourth-order valence-electron chi connectivity index (χ4n) is 1.86. The number of rotatable bonds is 4. The minimum Gasteiger partial charge on any atom is -0.479 e. The number of carbonyl (C=O) groups excluding carboxylic acids is 1. The van der Waals surface area contributed by atoms with Gasteiger partial charge in [0.2, 0.25) is 5.91 Å². The van der Waals surface area contributed by atoms with Crippen molar-refractivity contribution in [3.05, 3.63) is 18.0 Å². The third-order valence-corrected chi connectivity index (χ3v) is 2.80. The van der Waals surface area contributed by atoms with E-state index in [-0.39, 0.29) is 5.91 Å². The predicted octanol–water partition coefficient (Wildman–Crippen LogP) is -0.331. The van der Waals surface area contributed by atoms with Gasteiger partial charge in [-0.2, -0.15) is 5.10 Å². The lowest BCUT2D eigenvalue weighted by molar-refractivity contribution is -0.151. The first-order valence-electron chi connectivity index (χ1n) is 5.71. The molecule has 7 nitrogen and oxygen atoms in total. The van der Waals surface area contributed by atoms with E-state index in [0.717, 1.165) is 5.69 Å². The van der Waals surface area contributed by atoms with E-state index in [1.165, 1.54) is 0 Å². The maximum atomic E-state index is 11.7. The summed E-state index contributed by atoms with van der Waals surface area (Å²) in [5.41, 5.74) is 0.749. The Kier molecular flexibility index (Phi) is 3.61. The summed E-state index contributed by atoms with van der Waals surface area (Å²) in [5, 5.41) is 15.6. The second kappa shape index (κ2) is 5.18. The van der Waals surface area contributed by atoms with Crippen LogP contribution in [-0.2, 0) is 27.9 Å². The molecule has 7 heteroatoms. The Morgan fingerprint density at radius 2 is 2.28 bits per heavy atom. The zero-order valence-corrected chi connectivity index (χ0v) is 10.00. The molecule has 0 bridgehead atoms. The number of nitrogens with zero attached hydrogens (tertiary/aromatic N) is 2. The summed E-state index contributed by atoms with van der Waals surface area (Å²) in [6.45, 7) is 0.317. The van der Waals surface area contributed by atoms with Crippen molar-refractivity contribution >= 4 is 11.9 Å². The van der Waals surface area contributed by atoms with Gasteiger partial charge in [0.15, 0.2) is 6.10 Å². The zero-order valence-electron chi connectivity index (χ0n) is 10.00. The van der Waals surface area contributed by atoms with E-state index in [9.17, 15) is 9.59 Å². The van der Waals surface area contributed by atoms with Crippen molar-refractivity contribution in [2.45, 2.75) is 31.6 Å². The van der Waals surface area contributed by atoms with Crippen molar-refractivity contribution in [3.63, 3.8) is 0 Å². The van der Waals surface area contributed by atoms with Gasteiger partial charge in [0.05, 0.1) is 12.2 Å². The Morgan fingerprint density at radius 1 is 1.56 bits per heavy atom. The van der Waals surface area contributed by atoms with E-state index in [1.807, 2.05) is 0 Å². The molecule has 2 heterocycles. The van der Waals surface area contributed by atoms with Crippen LogP contribution in [0.5, 0.6) is 0 Å². The first-order chi connectivity index (χ1) is 8.56. The maximum Gasteiger partial charge on any atom is 0.332 e. The average molecular weight is 253 g/mol. The van der Waals surface area contributed by atoms with E-state index in [2.05, 4.69) is 10.4 Å². The molecule has 98 valence electrons. The van der Waals surface area contributed by atoms with Crippen molar-refractivity contribution in [1.82, 2.24) is 15.1 Å². The molecule has 2 rings (SSSR count). The molecule has 1 aromatic heterocycles. The molecule has 1 saturated heterocycles. The van der Waals surface area contributed by atoms with Gasteiger partial charge in [-0.15, -0.1) is 0 Å². The molecule has 0 radical (unpaired) electrons. The number of hydrogen-bond donors (Lipinski definition) is 2. The van der Waals surface area contributed by atoms with Gasteiger partial charge >= 0.3 is 5.97 Å². The van der Waals surface area contributed by atoms with Crippen LogP contribution in [0, 0.1) is 0 Å². The molecule has 1 amide bonds. The molecule has 0 aromatic carbocycles. The molecule has 18 heavy (non-hydrogen) atoms. The summed E-state index contributed by atoms with van der Waals surface area (Å²) >= 11 is 0. The number of carbonyl (C=O) groups is 2. The Morgan fingerprint density at radius 3 is 2.83 bits per heavy atom. The average Bonchev–Trinajstić information content (AvgIpc) is 2.94. The van der Waals surface area contributed by atoms with Crippen LogP contribution in [0.15, 0.2) is 12.3 Å². The van der Waals surface area contributed by atoms with Crippen LogP contribution in [0.1, 0.15) is 18.5 Å². The van der Waals surface area contributed by atoms with Gasteiger partial charge in [0.25, 0.3) is 0 Å². The third kappa shape index (κ3) is 2.86. The number of nitrogens with one attached hydrogen (secondary N) is 1. The van der Waals surface area contributed by atoms with Gasteiger partial charge in [-0.25, -0.2) is 4.79 Å². The van der Waals surface area contributed by atoms with Crippen LogP contribution < -0.4 is 5.32 Å². The highest BCUT2D eigenvalue weighted by atomic mass is 16.5. The first-order valence-corrected chi connectivity index (χ1v) is 5.71. The fourth-order valence-corrected chi connectivity index (χ4v) is 1.86. The van der Waals surface area contributed by atoms with Crippen LogP contribution in [0.2, 0.25) is 0 Å². The van der Waals surface area contributed by atoms with Gasteiger partial charge in [-0.05, 0) is 18.9 Å². The molecule has 0 aliphatic carbocycles. The molecule has 0 saturated carbocycles. The second-order valence-electron chi connectivity index (χ2n) is 4.23. The normalized spacial score (nSPS) is 22.9. The summed E-state index contributed by atoms with van der Waals surface area (Å²) in [6.07, 6.45) is 1.06. The number of carboxylic acid groups (broad SMARTS) is 1. The SMILES string of the molecule is Cn1ccc(CNC(=O)[C@@H]2CC[C@H](C(=O)O)O2)n1. The highest BCUT2D eigenvalue weighted by Crippen LogP contribution is 2.19. The van der Waals surface area contributed by atoms with Crippen LogP contribution in [0.3, 0.4) is 0 Å². The monoisotopic (exact) mass is 253 g/mol. The topological polar surface area (TPSA) is 93.5 Å². The smallest absolute Gasteiger partial charge is 0.332 e. The Balaban J connectivity index is 1.80.